The lowest BCUT2D eigenvalue weighted by Crippen LogP contribution is -2.31. The summed E-state index contributed by atoms with van der Waals surface area (Å²) in [5.41, 5.74) is 1.21. The van der Waals surface area contributed by atoms with Crippen LogP contribution in [0.2, 0.25) is 0 Å². The number of anilines is 2. The fraction of sp³-hybridized carbons (Fsp3) is 0.222. The van der Waals surface area contributed by atoms with Crippen molar-refractivity contribution in [3.63, 3.8) is 0 Å². The molecule has 2 N–H and O–H groups in total. The smallest absolute Gasteiger partial charge is 0.253 e. The highest BCUT2D eigenvalue weighted by molar-refractivity contribution is 9.10. The lowest BCUT2D eigenvalue weighted by molar-refractivity contribution is -0.111. The SMILES string of the molecule is C=CC(=O)Nc1ccc(C(=O)N2CC[C@@H](Nc3ncc(Br)cn3)C2)cc1. The summed E-state index contributed by atoms with van der Waals surface area (Å²) < 4.78 is 0.819. The molecular formula is C18H18BrN5O2. The molecule has 0 radical (unpaired) electrons. The maximum Gasteiger partial charge on any atom is 0.253 e. The first kappa shape index (κ1) is 18.1. The summed E-state index contributed by atoms with van der Waals surface area (Å²) in [5, 5.41) is 5.90. The molecule has 7 nitrogen and oxygen atoms in total. The van der Waals surface area contributed by atoms with Crippen molar-refractivity contribution >= 4 is 39.4 Å². The first-order chi connectivity index (χ1) is 12.5. The predicted molar refractivity (Wildman–Crippen MR) is 103 cm³/mol. The van der Waals surface area contributed by atoms with Gasteiger partial charge in [0.15, 0.2) is 0 Å². The first-order valence-electron chi connectivity index (χ1n) is 8.12. The third-order valence-electron chi connectivity index (χ3n) is 4.01. The summed E-state index contributed by atoms with van der Waals surface area (Å²) in [7, 11) is 0. The minimum absolute atomic E-state index is 0.0346. The van der Waals surface area contributed by atoms with Crippen LogP contribution in [0.25, 0.3) is 0 Å². The van der Waals surface area contributed by atoms with Gasteiger partial charge < -0.3 is 15.5 Å². The quantitative estimate of drug-likeness (QED) is 0.732. The van der Waals surface area contributed by atoms with Gasteiger partial charge in [-0.25, -0.2) is 9.97 Å². The number of benzene rings is 1. The van der Waals surface area contributed by atoms with E-state index >= 15 is 0 Å². The Labute approximate surface area is 159 Å². The minimum Gasteiger partial charge on any atom is -0.350 e. The highest BCUT2D eigenvalue weighted by Gasteiger charge is 2.27. The first-order valence-corrected chi connectivity index (χ1v) is 8.91. The van der Waals surface area contributed by atoms with Crippen molar-refractivity contribution in [2.24, 2.45) is 0 Å². The normalized spacial score (nSPS) is 16.2. The van der Waals surface area contributed by atoms with Gasteiger partial charge in [-0.1, -0.05) is 6.58 Å². The van der Waals surface area contributed by atoms with Crippen molar-refractivity contribution < 1.29 is 9.59 Å². The summed E-state index contributed by atoms with van der Waals surface area (Å²) in [5.74, 6) is 0.232. The van der Waals surface area contributed by atoms with Crippen LogP contribution in [0.15, 0.2) is 53.8 Å². The minimum atomic E-state index is -0.285. The predicted octanol–water partition coefficient (Wildman–Crippen LogP) is 2.69. The van der Waals surface area contributed by atoms with E-state index in [1.807, 2.05) is 0 Å². The number of halogens is 1. The van der Waals surface area contributed by atoms with Crippen molar-refractivity contribution in [1.82, 2.24) is 14.9 Å². The van der Waals surface area contributed by atoms with E-state index in [9.17, 15) is 9.59 Å². The molecule has 0 bridgehead atoms. The van der Waals surface area contributed by atoms with Crippen LogP contribution in [0.1, 0.15) is 16.8 Å². The molecule has 1 aliphatic heterocycles. The molecule has 2 amide bonds. The summed E-state index contributed by atoms with van der Waals surface area (Å²) >= 11 is 3.30. The molecule has 2 heterocycles. The van der Waals surface area contributed by atoms with Gasteiger partial charge in [-0.2, -0.15) is 0 Å². The third kappa shape index (κ3) is 4.45. The van der Waals surface area contributed by atoms with Crippen molar-refractivity contribution in [3.8, 4) is 0 Å². The monoisotopic (exact) mass is 415 g/mol. The van der Waals surface area contributed by atoms with Gasteiger partial charge in [0, 0.05) is 42.8 Å². The van der Waals surface area contributed by atoms with Crippen LogP contribution in [0.4, 0.5) is 11.6 Å². The zero-order valence-corrected chi connectivity index (χ0v) is 15.6. The van der Waals surface area contributed by atoms with Gasteiger partial charge in [0.2, 0.25) is 11.9 Å². The Morgan fingerprint density at radius 2 is 1.92 bits per heavy atom. The van der Waals surface area contributed by atoms with E-state index in [0.29, 0.717) is 30.3 Å². The number of carbonyl (C=O) groups excluding carboxylic acids is 2. The highest BCUT2D eigenvalue weighted by Crippen LogP contribution is 2.18. The Bertz CT molecular complexity index is 807. The summed E-state index contributed by atoms with van der Waals surface area (Å²) in [4.78, 5) is 34.1. The third-order valence-corrected chi connectivity index (χ3v) is 4.42. The van der Waals surface area contributed by atoms with Crippen LogP contribution >= 0.6 is 15.9 Å². The molecule has 0 spiro atoms. The molecule has 134 valence electrons. The molecule has 1 aromatic carbocycles. The second-order valence-corrected chi connectivity index (χ2v) is 6.79. The van der Waals surface area contributed by atoms with Crippen LogP contribution in [0.5, 0.6) is 0 Å². The number of carbonyl (C=O) groups is 2. The fourth-order valence-electron chi connectivity index (χ4n) is 2.70. The summed E-state index contributed by atoms with van der Waals surface area (Å²) in [6, 6.07) is 6.94. The van der Waals surface area contributed by atoms with E-state index in [1.165, 1.54) is 6.08 Å². The topological polar surface area (TPSA) is 87.2 Å². The zero-order valence-electron chi connectivity index (χ0n) is 14.0. The summed E-state index contributed by atoms with van der Waals surface area (Å²) in [6.07, 6.45) is 5.39. The van der Waals surface area contributed by atoms with Gasteiger partial charge in [-0.15, -0.1) is 0 Å². The van der Waals surface area contributed by atoms with Gasteiger partial charge in [0.25, 0.3) is 5.91 Å². The second kappa shape index (κ2) is 8.09. The average molecular weight is 416 g/mol. The number of aromatic nitrogens is 2. The van der Waals surface area contributed by atoms with Gasteiger partial charge in [0.05, 0.1) is 4.47 Å². The van der Waals surface area contributed by atoms with Gasteiger partial charge in [-0.05, 0) is 52.7 Å². The molecule has 1 aliphatic rings. The standard InChI is InChI=1S/C18H18BrN5O2/c1-2-16(25)22-14-5-3-12(4-6-14)17(26)24-8-7-15(11-24)23-18-20-9-13(19)10-21-18/h2-6,9-10,15H,1,7-8,11H2,(H,22,25)(H,20,21,23)/t15-/m1/s1. The number of nitrogens with one attached hydrogen (secondary N) is 2. The number of hydrogen-bond donors (Lipinski definition) is 2. The molecule has 0 saturated carbocycles. The van der Waals surface area contributed by atoms with Crippen molar-refractivity contribution in [2.45, 2.75) is 12.5 Å². The number of rotatable bonds is 5. The maximum atomic E-state index is 12.6. The van der Waals surface area contributed by atoms with Gasteiger partial charge in [-0.3, -0.25) is 9.59 Å². The van der Waals surface area contributed by atoms with E-state index in [4.69, 9.17) is 0 Å². The molecule has 2 aromatic rings. The van der Waals surface area contributed by atoms with Crippen molar-refractivity contribution in [2.75, 3.05) is 23.7 Å². The second-order valence-electron chi connectivity index (χ2n) is 5.88. The number of nitrogens with zero attached hydrogens (tertiary/aromatic N) is 3. The van der Waals surface area contributed by atoms with E-state index in [1.54, 1.807) is 41.6 Å². The van der Waals surface area contributed by atoms with E-state index in [-0.39, 0.29) is 17.9 Å². The Balaban J connectivity index is 1.57. The average Bonchev–Trinajstić information content (AvgIpc) is 3.12. The Morgan fingerprint density at radius 3 is 2.58 bits per heavy atom. The van der Waals surface area contributed by atoms with E-state index in [0.717, 1.165) is 10.9 Å². The van der Waals surface area contributed by atoms with Crippen LogP contribution in [0, 0.1) is 0 Å². The summed E-state index contributed by atoms with van der Waals surface area (Å²) in [6.45, 7) is 4.67. The highest BCUT2D eigenvalue weighted by atomic mass is 79.9. The maximum absolute atomic E-state index is 12.6. The van der Waals surface area contributed by atoms with Gasteiger partial charge in [0.1, 0.15) is 0 Å². The molecule has 26 heavy (non-hydrogen) atoms. The molecule has 1 fully saturated rings. The number of likely N-dealkylation sites (tertiary alicyclic amines) is 1. The Morgan fingerprint density at radius 1 is 1.23 bits per heavy atom. The largest absolute Gasteiger partial charge is 0.350 e. The number of hydrogen-bond acceptors (Lipinski definition) is 5. The molecule has 3 rings (SSSR count). The lowest BCUT2D eigenvalue weighted by atomic mass is 10.2. The molecule has 0 unspecified atom stereocenters. The van der Waals surface area contributed by atoms with Crippen LogP contribution in [-0.2, 0) is 4.79 Å². The molecule has 0 aliphatic carbocycles. The van der Waals surface area contributed by atoms with Gasteiger partial charge >= 0.3 is 0 Å². The van der Waals surface area contributed by atoms with E-state index < -0.39 is 0 Å². The van der Waals surface area contributed by atoms with Crippen molar-refractivity contribution in [1.29, 1.82) is 0 Å². The zero-order chi connectivity index (χ0) is 18.5. The lowest BCUT2D eigenvalue weighted by Gasteiger charge is -2.17. The van der Waals surface area contributed by atoms with E-state index in [2.05, 4.69) is 43.1 Å². The molecule has 1 aromatic heterocycles. The van der Waals surface area contributed by atoms with Crippen molar-refractivity contribution in [3.05, 3.63) is 59.4 Å². The van der Waals surface area contributed by atoms with Crippen LogP contribution < -0.4 is 10.6 Å². The molecule has 1 atom stereocenters. The molecule has 8 heteroatoms. The number of amides is 2. The molecule has 1 saturated heterocycles. The van der Waals surface area contributed by atoms with Crippen LogP contribution in [-0.4, -0.2) is 45.8 Å². The fourth-order valence-corrected chi connectivity index (χ4v) is 2.91. The Hall–Kier alpha value is -2.74. The Kier molecular flexibility index (Phi) is 5.62. The molecular weight excluding hydrogens is 398 g/mol. The van der Waals surface area contributed by atoms with Crippen LogP contribution in [0.3, 0.4) is 0 Å².